The number of carboxylic acid groups (broad SMARTS) is 1. The predicted octanol–water partition coefficient (Wildman–Crippen LogP) is 1.76. The van der Waals surface area contributed by atoms with Gasteiger partial charge in [0.15, 0.2) is 5.16 Å². The molecule has 2 rings (SSSR count). The normalized spacial score (nSPS) is 14.8. The fourth-order valence-electron chi connectivity index (χ4n) is 1.88. The number of carbonyl (C=O) groups is 1. The molecule has 0 aromatic carbocycles. The summed E-state index contributed by atoms with van der Waals surface area (Å²) in [5.41, 5.74) is 0. The van der Waals surface area contributed by atoms with Crippen molar-refractivity contribution >= 4 is 17.7 Å². The molecule has 1 aromatic rings. The van der Waals surface area contributed by atoms with Gasteiger partial charge in [0.05, 0.1) is 5.75 Å². The first-order valence-corrected chi connectivity index (χ1v) is 7.57. The minimum absolute atomic E-state index is 0.0315. The van der Waals surface area contributed by atoms with Crippen molar-refractivity contribution in [3.63, 3.8) is 0 Å². The SMILES string of the molecule is CCOCCCc1nnc(SCC(=O)O)n1C1CC1. The van der Waals surface area contributed by atoms with E-state index in [0.717, 1.165) is 49.9 Å². The third-order valence-electron chi connectivity index (χ3n) is 2.87. The van der Waals surface area contributed by atoms with Crippen molar-refractivity contribution in [1.29, 1.82) is 0 Å². The van der Waals surface area contributed by atoms with E-state index >= 15 is 0 Å². The Bertz CT molecular complexity index is 432. The minimum atomic E-state index is -0.826. The molecule has 0 radical (unpaired) electrons. The van der Waals surface area contributed by atoms with Gasteiger partial charge in [0.25, 0.3) is 0 Å². The van der Waals surface area contributed by atoms with Gasteiger partial charge in [-0.3, -0.25) is 4.79 Å². The van der Waals surface area contributed by atoms with Gasteiger partial charge in [-0.25, -0.2) is 0 Å². The summed E-state index contributed by atoms with van der Waals surface area (Å²) in [6.07, 6.45) is 4.02. The van der Waals surface area contributed by atoms with Gasteiger partial charge in [0.2, 0.25) is 0 Å². The molecule has 1 aliphatic carbocycles. The molecular weight excluding hydrogens is 266 g/mol. The summed E-state index contributed by atoms with van der Waals surface area (Å²) in [5, 5.41) is 17.8. The van der Waals surface area contributed by atoms with Crippen LogP contribution in [0.4, 0.5) is 0 Å². The first-order valence-electron chi connectivity index (χ1n) is 6.58. The molecule has 0 aliphatic heterocycles. The molecule has 1 aromatic heterocycles. The monoisotopic (exact) mass is 285 g/mol. The minimum Gasteiger partial charge on any atom is -0.481 e. The Kier molecular flexibility index (Phi) is 5.21. The molecule has 0 saturated heterocycles. The van der Waals surface area contributed by atoms with Gasteiger partial charge in [-0.2, -0.15) is 0 Å². The Labute approximate surface area is 116 Å². The van der Waals surface area contributed by atoms with E-state index in [-0.39, 0.29) is 5.75 Å². The van der Waals surface area contributed by atoms with Crippen molar-refractivity contribution in [1.82, 2.24) is 14.8 Å². The maximum atomic E-state index is 10.6. The van der Waals surface area contributed by atoms with Gasteiger partial charge >= 0.3 is 5.97 Å². The highest BCUT2D eigenvalue weighted by molar-refractivity contribution is 7.99. The van der Waals surface area contributed by atoms with E-state index < -0.39 is 5.97 Å². The van der Waals surface area contributed by atoms with Crippen LogP contribution in [0.1, 0.15) is 38.1 Å². The number of nitrogens with zero attached hydrogens (tertiary/aromatic N) is 3. The van der Waals surface area contributed by atoms with Gasteiger partial charge in [-0.1, -0.05) is 11.8 Å². The van der Waals surface area contributed by atoms with Crippen LogP contribution in [-0.2, 0) is 16.0 Å². The Morgan fingerprint density at radius 2 is 2.32 bits per heavy atom. The predicted molar refractivity (Wildman–Crippen MR) is 71.5 cm³/mol. The molecule has 1 heterocycles. The molecule has 1 N–H and O–H groups in total. The fourth-order valence-corrected chi connectivity index (χ4v) is 2.62. The molecular formula is C12H19N3O3S. The lowest BCUT2D eigenvalue weighted by Crippen LogP contribution is -2.06. The highest BCUT2D eigenvalue weighted by atomic mass is 32.2. The van der Waals surface area contributed by atoms with E-state index in [1.165, 1.54) is 11.8 Å². The molecule has 0 amide bonds. The standard InChI is InChI=1S/C12H19N3O3S/c1-2-18-7-3-4-10-13-14-12(19-8-11(16)17)15(10)9-5-6-9/h9H,2-8H2,1H3,(H,16,17). The van der Waals surface area contributed by atoms with E-state index in [1.54, 1.807) is 0 Å². The van der Waals surface area contributed by atoms with Crippen molar-refractivity contribution in [3.05, 3.63) is 5.82 Å². The van der Waals surface area contributed by atoms with E-state index in [9.17, 15) is 4.79 Å². The van der Waals surface area contributed by atoms with Crippen LogP contribution < -0.4 is 0 Å². The average molecular weight is 285 g/mol. The second-order valence-corrected chi connectivity index (χ2v) is 5.43. The highest BCUT2D eigenvalue weighted by Gasteiger charge is 2.29. The van der Waals surface area contributed by atoms with Crippen molar-refractivity contribution < 1.29 is 14.6 Å². The zero-order chi connectivity index (χ0) is 13.7. The molecule has 1 saturated carbocycles. The molecule has 1 aliphatic rings. The van der Waals surface area contributed by atoms with Crippen molar-refractivity contribution in [2.45, 2.75) is 43.8 Å². The second-order valence-electron chi connectivity index (χ2n) is 4.48. The Balaban J connectivity index is 1.96. The third-order valence-corrected chi connectivity index (χ3v) is 3.79. The lowest BCUT2D eigenvalue weighted by molar-refractivity contribution is -0.133. The highest BCUT2D eigenvalue weighted by Crippen LogP contribution is 2.38. The zero-order valence-corrected chi connectivity index (χ0v) is 11.9. The molecule has 1 fully saturated rings. The number of rotatable bonds is 9. The molecule has 0 unspecified atom stereocenters. The molecule has 6 nitrogen and oxygen atoms in total. The van der Waals surface area contributed by atoms with Gasteiger partial charge in [-0.15, -0.1) is 10.2 Å². The van der Waals surface area contributed by atoms with Crippen molar-refractivity contribution in [2.24, 2.45) is 0 Å². The number of ether oxygens (including phenoxy) is 1. The molecule has 19 heavy (non-hydrogen) atoms. The molecule has 106 valence electrons. The van der Waals surface area contributed by atoms with Crippen molar-refractivity contribution in [2.75, 3.05) is 19.0 Å². The maximum absolute atomic E-state index is 10.6. The summed E-state index contributed by atoms with van der Waals surface area (Å²) in [7, 11) is 0. The van der Waals surface area contributed by atoms with E-state index in [1.807, 2.05) is 6.92 Å². The smallest absolute Gasteiger partial charge is 0.313 e. The van der Waals surface area contributed by atoms with Crippen LogP contribution in [0.2, 0.25) is 0 Å². The van der Waals surface area contributed by atoms with Crippen LogP contribution in [0.3, 0.4) is 0 Å². The lowest BCUT2D eigenvalue weighted by Gasteiger charge is -2.08. The number of aliphatic carboxylic acids is 1. The maximum Gasteiger partial charge on any atom is 0.313 e. The summed E-state index contributed by atoms with van der Waals surface area (Å²) in [6.45, 7) is 3.44. The Morgan fingerprint density at radius 3 is 2.95 bits per heavy atom. The van der Waals surface area contributed by atoms with Crippen LogP contribution in [0, 0.1) is 0 Å². The summed E-state index contributed by atoms with van der Waals surface area (Å²) in [4.78, 5) is 10.6. The van der Waals surface area contributed by atoms with Crippen LogP contribution >= 0.6 is 11.8 Å². The van der Waals surface area contributed by atoms with Gasteiger partial charge in [-0.05, 0) is 26.2 Å². The quantitative estimate of drug-likeness (QED) is 0.550. The number of carboxylic acids is 1. The largest absolute Gasteiger partial charge is 0.481 e. The number of hydrogen-bond donors (Lipinski definition) is 1. The third kappa shape index (κ3) is 4.21. The second kappa shape index (κ2) is 6.91. The molecule has 0 bridgehead atoms. The summed E-state index contributed by atoms with van der Waals surface area (Å²) in [6, 6.07) is 0.466. The van der Waals surface area contributed by atoms with Crippen LogP contribution in [0.15, 0.2) is 5.16 Å². The first-order chi connectivity index (χ1) is 9.22. The van der Waals surface area contributed by atoms with Crippen molar-refractivity contribution in [3.8, 4) is 0 Å². The molecule has 7 heteroatoms. The number of aryl methyl sites for hydroxylation is 1. The first kappa shape index (κ1) is 14.3. The summed E-state index contributed by atoms with van der Waals surface area (Å²) in [5.74, 6) is 0.160. The number of aromatic nitrogens is 3. The van der Waals surface area contributed by atoms with E-state index in [0.29, 0.717) is 6.04 Å². The summed E-state index contributed by atoms with van der Waals surface area (Å²) >= 11 is 1.25. The van der Waals surface area contributed by atoms with Crippen LogP contribution in [0.5, 0.6) is 0 Å². The Hall–Kier alpha value is -1.08. The fraction of sp³-hybridized carbons (Fsp3) is 0.750. The van der Waals surface area contributed by atoms with Gasteiger partial charge in [0, 0.05) is 25.7 Å². The average Bonchev–Trinajstić information content (AvgIpc) is 3.14. The van der Waals surface area contributed by atoms with Gasteiger partial charge in [0.1, 0.15) is 5.82 Å². The van der Waals surface area contributed by atoms with E-state index in [2.05, 4.69) is 14.8 Å². The van der Waals surface area contributed by atoms with Gasteiger partial charge < -0.3 is 14.4 Å². The molecule has 0 spiro atoms. The zero-order valence-electron chi connectivity index (χ0n) is 11.0. The topological polar surface area (TPSA) is 77.2 Å². The van der Waals surface area contributed by atoms with E-state index in [4.69, 9.17) is 9.84 Å². The number of hydrogen-bond acceptors (Lipinski definition) is 5. The Morgan fingerprint density at radius 1 is 1.53 bits per heavy atom. The van der Waals surface area contributed by atoms with Crippen LogP contribution in [0.25, 0.3) is 0 Å². The lowest BCUT2D eigenvalue weighted by atomic mass is 10.3. The molecule has 0 atom stereocenters. The van der Waals surface area contributed by atoms with Crippen LogP contribution in [-0.4, -0.2) is 44.8 Å². The number of thioether (sulfide) groups is 1. The summed E-state index contributed by atoms with van der Waals surface area (Å²) < 4.78 is 7.43.